The standard InChI is InChI=1S/C31H29BrN2O7S/c1-5-8-14-39-22-11-9-18(15-23(22)38-7-3)25-24-26(35)20-16-19(32)10-12-21(20)41-27(24)29(36)34(25)31-33-17(4)28(42-31)30(37)40-13-6-2/h6,9-12,15-16,25H,2,5,7-8,13-14H2,1,3-4H3. The molecule has 2 aromatic carbocycles. The van der Waals surface area contributed by atoms with E-state index in [1.54, 1.807) is 43.3 Å². The highest BCUT2D eigenvalue weighted by molar-refractivity contribution is 9.10. The SMILES string of the molecule is C=CCOC(=O)c1sc(N2C(=O)c3oc4ccc(Br)cc4c(=O)c3C2c2ccc(OCCCC)c(OCC)c2)nc1C. The molecule has 5 rings (SSSR count). The van der Waals surface area contributed by atoms with Gasteiger partial charge in [0, 0.05) is 4.47 Å². The molecule has 4 aromatic rings. The first kappa shape index (κ1) is 29.5. The zero-order valence-electron chi connectivity index (χ0n) is 23.4. The van der Waals surface area contributed by atoms with Gasteiger partial charge in [0.25, 0.3) is 5.91 Å². The predicted molar refractivity (Wildman–Crippen MR) is 164 cm³/mol. The maximum atomic E-state index is 14.0. The summed E-state index contributed by atoms with van der Waals surface area (Å²) in [6.45, 7) is 10.1. The van der Waals surface area contributed by atoms with E-state index in [1.807, 2.05) is 6.92 Å². The van der Waals surface area contributed by atoms with Gasteiger partial charge in [0.1, 0.15) is 17.1 Å². The number of ether oxygens (including phenoxy) is 3. The minimum Gasteiger partial charge on any atom is -0.490 e. The maximum Gasteiger partial charge on any atom is 0.350 e. The highest BCUT2D eigenvalue weighted by Crippen LogP contribution is 2.45. The summed E-state index contributed by atoms with van der Waals surface area (Å²) in [5.41, 5.74) is 1.12. The quantitative estimate of drug-likeness (QED) is 0.0969. The molecule has 0 bridgehead atoms. The fraction of sp³-hybridized carbons (Fsp3) is 0.290. The van der Waals surface area contributed by atoms with Gasteiger partial charge in [0.05, 0.1) is 35.9 Å². The van der Waals surface area contributed by atoms with Crippen LogP contribution in [0.25, 0.3) is 11.0 Å². The molecule has 0 radical (unpaired) electrons. The van der Waals surface area contributed by atoms with Gasteiger partial charge in [-0.3, -0.25) is 14.5 Å². The number of thiazole rings is 1. The van der Waals surface area contributed by atoms with E-state index in [0.717, 1.165) is 24.2 Å². The summed E-state index contributed by atoms with van der Waals surface area (Å²) in [6, 6.07) is 9.50. The van der Waals surface area contributed by atoms with Gasteiger partial charge in [0.2, 0.25) is 5.76 Å². The van der Waals surface area contributed by atoms with Crippen molar-refractivity contribution < 1.29 is 28.2 Å². The summed E-state index contributed by atoms with van der Waals surface area (Å²) in [5.74, 6) is -0.141. The third-order valence-corrected chi connectivity index (χ3v) is 8.31. The first-order valence-corrected chi connectivity index (χ1v) is 15.1. The molecule has 218 valence electrons. The van der Waals surface area contributed by atoms with Gasteiger partial charge in [-0.25, -0.2) is 9.78 Å². The van der Waals surface area contributed by atoms with E-state index >= 15 is 0 Å². The van der Waals surface area contributed by atoms with E-state index in [0.29, 0.717) is 45.8 Å². The lowest BCUT2D eigenvalue weighted by Gasteiger charge is -2.23. The van der Waals surface area contributed by atoms with Crippen LogP contribution in [0.3, 0.4) is 0 Å². The van der Waals surface area contributed by atoms with E-state index < -0.39 is 17.9 Å². The summed E-state index contributed by atoms with van der Waals surface area (Å²) >= 11 is 4.43. The Bertz CT molecular complexity index is 1750. The first-order chi connectivity index (χ1) is 20.3. The van der Waals surface area contributed by atoms with Gasteiger partial charge in [-0.1, -0.05) is 59.3 Å². The van der Waals surface area contributed by atoms with Crippen molar-refractivity contribution in [3.8, 4) is 11.5 Å². The number of carbonyl (C=O) groups is 2. The molecule has 1 amide bonds. The van der Waals surface area contributed by atoms with Gasteiger partial charge in [0.15, 0.2) is 22.1 Å². The van der Waals surface area contributed by atoms with Crippen LogP contribution in [-0.2, 0) is 4.74 Å². The lowest BCUT2D eigenvalue weighted by atomic mass is 9.98. The van der Waals surface area contributed by atoms with Crippen LogP contribution in [0.4, 0.5) is 5.13 Å². The first-order valence-electron chi connectivity index (χ1n) is 13.5. The normalized spacial score (nSPS) is 14.2. The van der Waals surface area contributed by atoms with Gasteiger partial charge in [-0.15, -0.1) is 0 Å². The fourth-order valence-electron chi connectivity index (χ4n) is 4.74. The minimum absolute atomic E-state index is 0.0374. The Morgan fingerprint density at radius 3 is 2.71 bits per heavy atom. The van der Waals surface area contributed by atoms with Crippen LogP contribution < -0.4 is 19.8 Å². The van der Waals surface area contributed by atoms with Crippen LogP contribution in [0.2, 0.25) is 0 Å². The summed E-state index contributed by atoms with van der Waals surface area (Å²) < 4.78 is 23.9. The number of amides is 1. The largest absolute Gasteiger partial charge is 0.490 e. The second-order valence-corrected chi connectivity index (χ2v) is 11.4. The summed E-state index contributed by atoms with van der Waals surface area (Å²) in [7, 11) is 0. The highest BCUT2D eigenvalue weighted by Gasteiger charge is 2.45. The number of halogens is 1. The number of aromatic nitrogens is 1. The molecule has 0 aliphatic carbocycles. The Balaban J connectivity index is 1.69. The van der Waals surface area contributed by atoms with Crippen LogP contribution in [-0.4, -0.2) is 36.7 Å². The molecular formula is C31H29BrN2O7S. The molecular weight excluding hydrogens is 624 g/mol. The average molecular weight is 654 g/mol. The lowest BCUT2D eigenvalue weighted by Crippen LogP contribution is -2.29. The highest BCUT2D eigenvalue weighted by atomic mass is 79.9. The Labute approximate surface area is 254 Å². The molecule has 1 aliphatic heterocycles. The number of fused-ring (bicyclic) bond motifs is 2. The number of unbranched alkanes of at least 4 members (excludes halogenated alkanes) is 1. The summed E-state index contributed by atoms with van der Waals surface area (Å²) in [5, 5.41) is 0.557. The smallest absolute Gasteiger partial charge is 0.350 e. The maximum absolute atomic E-state index is 14.0. The van der Waals surface area contributed by atoms with Gasteiger partial charge < -0.3 is 18.6 Å². The second kappa shape index (κ2) is 12.5. The number of hydrogen-bond acceptors (Lipinski definition) is 9. The molecule has 1 atom stereocenters. The Morgan fingerprint density at radius 1 is 1.17 bits per heavy atom. The average Bonchev–Trinajstić information content (AvgIpc) is 3.50. The van der Waals surface area contributed by atoms with Crippen molar-refractivity contribution in [2.75, 3.05) is 24.7 Å². The van der Waals surface area contributed by atoms with Crippen molar-refractivity contribution in [2.45, 2.75) is 39.7 Å². The molecule has 0 saturated carbocycles. The number of nitrogens with zero attached hydrogens (tertiary/aromatic N) is 2. The summed E-state index contributed by atoms with van der Waals surface area (Å²) in [4.78, 5) is 46.9. The van der Waals surface area contributed by atoms with Crippen molar-refractivity contribution in [1.29, 1.82) is 0 Å². The number of aryl methyl sites for hydroxylation is 1. The van der Waals surface area contributed by atoms with E-state index in [2.05, 4.69) is 34.4 Å². The molecule has 1 aliphatic rings. The molecule has 1 unspecified atom stereocenters. The minimum atomic E-state index is -0.904. The van der Waals surface area contributed by atoms with Crippen LogP contribution in [0.5, 0.6) is 11.5 Å². The Morgan fingerprint density at radius 2 is 1.98 bits per heavy atom. The summed E-state index contributed by atoms with van der Waals surface area (Å²) in [6.07, 6.45) is 3.34. The molecule has 0 fully saturated rings. The topological polar surface area (TPSA) is 108 Å². The molecule has 0 saturated heterocycles. The molecule has 42 heavy (non-hydrogen) atoms. The number of rotatable bonds is 11. The number of hydrogen-bond donors (Lipinski definition) is 0. The van der Waals surface area contributed by atoms with Crippen molar-refractivity contribution in [1.82, 2.24) is 4.98 Å². The van der Waals surface area contributed by atoms with Crippen molar-refractivity contribution in [3.63, 3.8) is 0 Å². The third kappa shape index (κ3) is 5.46. The van der Waals surface area contributed by atoms with Crippen molar-refractivity contribution in [3.05, 3.63) is 91.2 Å². The third-order valence-electron chi connectivity index (χ3n) is 6.68. The van der Waals surface area contributed by atoms with Crippen molar-refractivity contribution >= 4 is 55.2 Å². The molecule has 3 heterocycles. The van der Waals surface area contributed by atoms with Crippen LogP contribution in [0.15, 0.2) is 62.7 Å². The lowest BCUT2D eigenvalue weighted by molar-refractivity contribution is 0.0554. The number of carbonyl (C=O) groups excluding carboxylic acids is 2. The number of anilines is 1. The molecule has 9 nitrogen and oxygen atoms in total. The van der Waals surface area contributed by atoms with Crippen LogP contribution in [0.1, 0.15) is 69.8 Å². The monoisotopic (exact) mass is 652 g/mol. The molecule has 0 spiro atoms. The Kier molecular flexibility index (Phi) is 8.79. The molecule has 2 aromatic heterocycles. The van der Waals surface area contributed by atoms with E-state index in [1.165, 1.54) is 11.0 Å². The van der Waals surface area contributed by atoms with Crippen molar-refractivity contribution in [2.24, 2.45) is 0 Å². The van der Waals surface area contributed by atoms with E-state index in [4.69, 9.17) is 18.6 Å². The predicted octanol–water partition coefficient (Wildman–Crippen LogP) is 6.99. The molecule has 11 heteroatoms. The van der Waals surface area contributed by atoms with Crippen LogP contribution in [0, 0.1) is 6.92 Å². The zero-order valence-corrected chi connectivity index (χ0v) is 25.8. The number of benzene rings is 2. The zero-order chi connectivity index (χ0) is 30.0. The Hall–Kier alpha value is -3.96. The fourth-order valence-corrected chi connectivity index (χ4v) is 6.09. The molecule has 0 N–H and O–H groups in total. The number of esters is 1. The second-order valence-electron chi connectivity index (χ2n) is 9.53. The van der Waals surface area contributed by atoms with Gasteiger partial charge in [-0.05, 0) is 56.2 Å². The van der Waals surface area contributed by atoms with Gasteiger partial charge >= 0.3 is 5.97 Å². The van der Waals surface area contributed by atoms with Crippen LogP contribution >= 0.6 is 27.3 Å². The van der Waals surface area contributed by atoms with Gasteiger partial charge in [-0.2, -0.15) is 0 Å². The van der Waals surface area contributed by atoms with E-state index in [9.17, 15) is 14.4 Å². The van der Waals surface area contributed by atoms with E-state index in [-0.39, 0.29) is 39.0 Å².